The smallest absolute Gasteiger partial charge is 0.389 e. The summed E-state index contributed by atoms with van der Waals surface area (Å²) in [7, 11) is 3.49. The molecule has 2 aliphatic heterocycles. The SMILES string of the molecule is Cn1ccc(C2(c3nn(C)c(=O)o3)NC(c3ncc(C4=NC#CC(F)C=C4)[nH]3)Cc3c2[nH]c2ccccc32)c1. The number of halogens is 1. The van der Waals surface area contributed by atoms with Crippen molar-refractivity contribution in [1.82, 2.24) is 34.6 Å². The Morgan fingerprint density at radius 2 is 2.08 bits per heavy atom. The molecule has 3 unspecified atom stereocenters. The van der Waals surface area contributed by atoms with Gasteiger partial charge in [-0.2, -0.15) is 9.67 Å². The van der Waals surface area contributed by atoms with E-state index in [1.54, 1.807) is 19.3 Å². The van der Waals surface area contributed by atoms with Gasteiger partial charge in [-0.15, -0.1) is 5.10 Å². The van der Waals surface area contributed by atoms with Crippen molar-refractivity contribution in [2.75, 3.05) is 0 Å². The Morgan fingerprint density at radius 3 is 2.87 bits per heavy atom. The topological polar surface area (TPSA) is 122 Å². The highest BCUT2D eigenvalue weighted by Gasteiger charge is 2.50. The molecule has 2 aliphatic rings. The van der Waals surface area contributed by atoms with Gasteiger partial charge in [0.15, 0.2) is 11.7 Å². The van der Waals surface area contributed by atoms with E-state index >= 15 is 0 Å². The van der Waals surface area contributed by atoms with Gasteiger partial charge in [0, 0.05) is 49.0 Å². The first-order valence-electron chi connectivity index (χ1n) is 12.4. The highest BCUT2D eigenvalue weighted by atomic mass is 19.1. The molecule has 0 fully saturated rings. The van der Waals surface area contributed by atoms with Gasteiger partial charge in [0.25, 0.3) is 0 Å². The third-order valence-corrected chi connectivity index (χ3v) is 7.27. The molecule has 0 aliphatic carbocycles. The summed E-state index contributed by atoms with van der Waals surface area (Å²) in [6.07, 6.45) is 7.74. The van der Waals surface area contributed by atoms with Crippen LogP contribution in [0.25, 0.3) is 10.9 Å². The Morgan fingerprint density at radius 1 is 1.21 bits per heavy atom. The molecule has 0 amide bonds. The number of nitrogens with zero attached hydrogens (tertiary/aromatic N) is 5. The largest absolute Gasteiger partial charge is 0.436 e. The van der Waals surface area contributed by atoms with Gasteiger partial charge in [-0.1, -0.05) is 18.2 Å². The van der Waals surface area contributed by atoms with Crippen molar-refractivity contribution in [3.8, 4) is 12.0 Å². The lowest BCUT2D eigenvalue weighted by molar-refractivity contribution is 0.284. The number of aliphatic imine (C=N–C) groups is 1. The molecule has 0 saturated carbocycles. The van der Waals surface area contributed by atoms with Gasteiger partial charge >= 0.3 is 5.76 Å². The van der Waals surface area contributed by atoms with Gasteiger partial charge in [0.2, 0.25) is 5.89 Å². The van der Waals surface area contributed by atoms with Crippen molar-refractivity contribution < 1.29 is 8.81 Å². The van der Waals surface area contributed by atoms with Crippen LogP contribution >= 0.6 is 0 Å². The minimum absolute atomic E-state index is 0.214. The number of nitrogens with one attached hydrogen (secondary N) is 3. The van der Waals surface area contributed by atoms with Crippen LogP contribution in [0, 0.1) is 12.0 Å². The van der Waals surface area contributed by atoms with Gasteiger partial charge in [-0.3, -0.25) is 5.32 Å². The van der Waals surface area contributed by atoms with Crippen molar-refractivity contribution in [3.63, 3.8) is 0 Å². The summed E-state index contributed by atoms with van der Waals surface area (Å²) in [6.45, 7) is 0. The second kappa shape index (κ2) is 8.54. The summed E-state index contributed by atoms with van der Waals surface area (Å²) >= 11 is 0. The molecule has 11 heteroatoms. The van der Waals surface area contributed by atoms with Crippen molar-refractivity contribution >= 4 is 16.6 Å². The number of aromatic nitrogens is 6. The third kappa shape index (κ3) is 3.60. The van der Waals surface area contributed by atoms with Crippen molar-refractivity contribution in [2.24, 2.45) is 19.1 Å². The minimum Gasteiger partial charge on any atom is -0.389 e. The van der Waals surface area contributed by atoms with E-state index in [1.165, 1.54) is 10.8 Å². The normalized spacial score (nSPS) is 22.3. The van der Waals surface area contributed by atoms with Crippen LogP contribution in [0.5, 0.6) is 0 Å². The van der Waals surface area contributed by atoms with E-state index in [0.717, 1.165) is 27.7 Å². The molecule has 4 aromatic heterocycles. The van der Waals surface area contributed by atoms with Crippen molar-refractivity contribution in [1.29, 1.82) is 0 Å². The van der Waals surface area contributed by atoms with E-state index in [-0.39, 0.29) is 11.9 Å². The molecule has 6 heterocycles. The Balaban J connectivity index is 1.44. The van der Waals surface area contributed by atoms with E-state index in [1.807, 2.05) is 48.3 Å². The molecule has 0 saturated heterocycles. The van der Waals surface area contributed by atoms with Gasteiger partial charge in [0.05, 0.1) is 29.3 Å². The minimum atomic E-state index is -1.37. The fourth-order valence-electron chi connectivity index (χ4n) is 5.44. The number of rotatable bonds is 4. The maximum atomic E-state index is 13.7. The van der Waals surface area contributed by atoms with Crippen LogP contribution in [0.3, 0.4) is 0 Å². The zero-order chi connectivity index (χ0) is 26.7. The number of fused-ring (bicyclic) bond motifs is 3. The quantitative estimate of drug-likeness (QED) is 0.314. The van der Waals surface area contributed by atoms with Gasteiger partial charge < -0.3 is 19.0 Å². The molecular weight excluding hydrogens is 499 g/mol. The molecule has 3 atom stereocenters. The maximum Gasteiger partial charge on any atom is 0.436 e. The number of benzene rings is 1. The summed E-state index contributed by atoms with van der Waals surface area (Å²) in [6, 6.07) is 12.2. The predicted octanol–water partition coefficient (Wildman–Crippen LogP) is 2.75. The zero-order valence-electron chi connectivity index (χ0n) is 21.1. The fraction of sp³-hybridized carbons (Fsp3) is 0.214. The number of H-pyrrole nitrogens is 2. The highest BCUT2D eigenvalue weighted by Crippen LogP contribution is 2.45. The second-order valence-electron chi connectivity index (χ2n) is 9.73. The van der Waals surface area contributed by atoms with Crippen LogP contribution in [-0.4, -0.2) is 41.2 Å². The lowest BCUT2D eigenvalue weighted by Crippen LogP contribution is -2.51. The van der Waals surface area contributed by atoms with Gasteiger partial charge in [-0.05, 0) is 42.2 Å². The third-order valence-electron chi connectivity index (χ3n) is 7.27. The molecule has 194 valence electrons. The van der Waals surface area contributed by atoms with Gasteiger partial charge in [0.1, 0.15) is 5.82 Å². The van der Waals surface area contributed by atoms with E-state index in [4.69, 9.17) is 4.42 Å². The highest BCUT2D eigenvalue weighted by molar-refractivity contribution is 6.08. The zero-order valence-corrected chi connectivity index (χ0v) is 21.1. The number of aromatic amines is 2. The average Bonchev–Trinajstić information content (AvgIpc) is 3.70. The monoisotopic (exact) mass is 522 g/mol. The van der Waals surface area contributed by atoms with Gasteiger partial charge in [-0.25, -0.2) is 14.2 Å². The fourth-order valence-corrected chi connectivity index (χ4v) is 5.44. The molecule has 7 rings (SSSR count). The molecular formula is C28H23FN8O2. The number of aryl methyl sites for hydroxylation is 2. The number of para-hydroxylation sites is 1. The van der Waals surface area contributed by atoms with E-state index in [2.05, 4.69) is 48.4 Å². The standard InChI is InChI=1S/C28H23FN8O2/c1-36-12-10-16(15-36)28(26-35-37(2)27(38)39-26)24-19(18-5-3-4-6-20(18)32-24)13-22(34-28)25-31-14-23(33-25)21-8-7-17(29)9-11-30-21/h3-8,10,12,14-15,17,22,32,34H,13H2,1-2H3,(H,31,33). The van der Waals surface area contributed by atoms with Crippen LogP contribution in [0.2, 0.25) is 0 Å². The van der Waals surface area contributed by atoms with Crippen molar-refractivity contribution in [3.05, 3.63) is 106 Å². The van der Waals surface area contributed by atoms with E-state index in [9.17, 15) is 9.18 Å². The first-order valence-corrected chi connectivity index (χ1v) is 12.4. The average molecular weight is 523 g/mol. The molecule has 3 N–H and O–H groups in total. The van der Waals surface area contributed by atoms with Crippen LogP contribution in [-0.2, 0) is 26.1 Å². The molecule has 0 bridgehead atoms. The Bertz CT molecular complexity index is 1920. The molecule has 0 spiro atoms. The Kier molecular flexibility index (Phi) is 5.08. The maximum absolute atomic E-state index is 13.7. The molecule has 1 aromatic carbocycles. The van der Waals surface area contributed by atoms with E-state index in [0.29, 0.717) is 23.7 Å². The number of hydrogen-bond acceptors (Lipinski definition) is 6. The summed E-state index contributed by atoms with van der Waals surface area (Å²) in [5.41, 5.74) is 3.69. The number of imidazole rings is 1. The van der Waals surface area contributed by atoms with Crippen LogP contribution in [0.4, 0.5) is 4.39 Å². The molecule has 5 aromatic rings. The van der Waals surface area contributed by atoms with E-state index < -0.39 is 17.5 Å². The molecule has 39 heavy (non-hydrogen) atoms. The predicted molar refractivity (Wildman–Crippen MR) is 142 cm³/mol. The summed E-state index contributed by atoms with van der Waals surface area (Å²) in [4.78, 5) is 28.3. The first kappa shape index (κ1) is 23.2. The van der Waals surface area contributed by atoms with Crippen LogP contribution in [0.1, 0.15) is 40.3 Å². The number of hydrogen-bond donors (Lipinski definition) is 3. The lowest BCUT2D eigenvalue weighted by Gasteiger charge is -2.39. The summed E-state index contributed by atoms with van der Waals surface area (Å²) < 4.78 is 22.6. The summed E-state index contributed by atoms with van der Waals surface area (Å²) in [5.74, 6) is 2.70. The Hall–Kier alpha value is -4.95. The molecule has 10 nitrogen and oxygen atoms in total. The molecule has 0 radical (unpaired) electrons. The van der Waals surface area contributed by atoms with Crippen LogP contribution < -0.4 is 11.1 Å². The first-order chi connectivity index (χ1) is 18.9. The van der Waals surface area contributed by atoms with Crippen LogP contribution in [0.15, 0.2) is 75.3 Å². The number of allylic oxidation sites excluding steroid dienone is 2. The number of alkyl halides is 1. The lowest BCUT2D eigenvalue weighted by atomic mass is 9.79. The Labute approximate surface area is 221 Å². The summed E-state index contributed by atoms with van der Waals surface area (Å²) in [5, 5.41) is 9.31. The second-order valence-corrected chi connectivity index (χ2v) is 9.73. The van der Waals surface area contributed by atoms with Crippen molar-refractivity contribution in [2.45, 2.75) is 24.2 Å².